The number of fused-ring (bicyclic) bond motifs is 6. The maximum Gasteiger partial charge on any atom is 0.177 e. The first-order chi connectivity index (χ1) is 14.7. The average molecular weight is 440 g/mol. The molecule has 1 aromatic heterocycles. The first-order valence-corrected chi connectivity index (χ1v) is 9.70. The topological polar surface area (TPSA) is 68.3 Å². The van der Waals surface area contributed by atoms with Gasteiger partial charge in [-0.2, -0.15) is 4.89 Å². The number of likely N-dealkylation sites (N-methyl/N-ethyl adjacent to an activating group) is 1. The minimum atomic E-state index is 0. The number of aromatic nitrogens is 1. The first kappa shape index (κ1) is 21.1. The van der Waals surface area contributed by atoms with E-state index in [4.69, 9.17) is 25.8 Å². The fraction of sp³-hybridized carbons (Fsp3) is 0.261. The van der Waals surface area contributed by atoms with Crippen LogP contribution >= 0.6 is 12.4 Å². The summed E-state index contributed by atoms with van der Waals surface area (Å²) in [5.74, 6) is 3.95. The lowest BCUT2D eigenvalue weighted by Gasteiger charge is -2.11. The quantitative estimate of drug-likeness (QED) is 0.214. The van der Waals surface area contributed by atoms with Gasteiger partial charge >= 0.3 is 0 Å². The van der Waals surface area contributed by atoms with Crippen LogP contribution in [0.25, 0.3) is 22.2 Å². The molecule has 2 aromatic carbocycles. The van der Waals surface area contributed by atoms with Crippen molar-refractivity contribution in [1.82, 2.24) is 9.88 Å². The molecular weight excluding hydrogens is 418 g/mol. The monoisotopic (exact) mass is 439 g/mol. The number of benzene rings is 2. The smallest absolute Gasteiger partial charge is 0.177 e. The number of nitrogens with zero attached hydrogens (tertiary/aromatic N) is 2. The SMILES string of the molecule is C#CCO/N=C1/c2cc3c(cc2-c2[nH]c4ccc(OCCN(C)C)cc4c21)COO3.Cl. The molecule has 0 fully saturated rings. The third kappa shape index (κ3) is 3.70. The molecule has 1 N–H and O–H groups in total. The Morgan fingerprint density at radius 3 is 2.90 bits per heavy atom. The Kier molecular flexibility index (Phi) is 5.79. The molecule has 8 heteroatoms. The third-order valence-corrected chi connectivity index (χ3v) is 5.21. The maximum absolute atomic E-state index is 5.94. The van der Waals surface area contributed by atoms with Crippen LogP contribution in [0, 0.1) is 12.3 Å². The second-order valence-electron chi connectivity index (χ2n) is 7.50. The summed E-state index contributed by atoms with van der Waals surface area (Å²) in [6.07, 6.45) is 5.33. The number of rotatable bonds is 6. The van der Waals surface area contributed by atoms with Gasteiger partial charge in [0.2, 0.25) is 0 Å². The summed E-state index contributed by atoms with van der Waals surface area (Å²) >= 11 is 0. The van der Waals surface area contributed by atoms with Crippen molar-refractivity contribution in [2.24, 2.45) is 5.16 Å². The summed E-state index contributed by atoms with van der Waals surface area (Å²) in [6.45, 7) is 1.97. The van der Waals surface area contributed by atoms with Gasteiger partial charge in [0.1, 0.15) is 24.7 Å². The Morgan fingerprint density at radius 1 is 1.23 bits per heavy atom. The lowest BCUT2D eigenvalue weighted by atomic mass is 10.0. The van der Waals surface area contributed by atoms with Gasteiger partial charge in [0.05, 0.1) is 5.69 Å². The molecule has 0 saturated carbocycles. The molecule has 0 spiro atoms. The van der Waals surface area contributed by atoms with Crippen molar-refractivity contribution < 1.29 is 19.3 Å². The van der Waals surface area contributed by atoms with Crippen LogP contribution in [0.4, 0.5) is 0 Å². The maximum atomic E-state index is 5.94. The van der Waals surface area contributed by atoms with Crippen molar-refractivity contribution in [3.8, 4) is 35.1 Å². The van der Waals surface area contributed by atoms with Crippen LogP contribution in [0.3, 0.4) is 0 Å². The zero-order chi connectivity index (χ0) is 20.7. The molecule has 1 aliphatic carbocycles. The second-order valence-corrected chi connectivity index (χ2v) is 7.50. The van der Waals surface area contributed by atoms with E-state index < -0.39 is 0 Å². The van der Waals surface area contributed by atoms with Crippen LogP contribution in [0.5, 0.6) is 11.5 Å². The highest BCUT2D eigenvalue weighted by Gasteiger charge is 2.33. The van der Waals surface area contributed by atoms with Crippen molar-refractivity contribution in [1.29, 1.82) is 0 Å². The highest BCUT2D eigenvalue weighted by atomic mass is 35.5. The third-order valence-electron chi connectivity index (χ3n) is 5.21. The number of halogens is 1. The van der Waals surface area contributed by atoms with Gasteiger partial charge in [0.15, 0.2) is 12.4 Å². The number of aromatic amines is 1. The fourth-order valence-corrected chi connectivity index (χ4v) is 3.79. The fourth-order valence-electron chi connectivity index (χ4n) is 3.79. The van der Waals surface area contributed by atoms with E-state index in [9.17, 15) is 0 Å². The minimum Gasteiger partial charge on any atom is -0.492 e. The molecular formula is C23H22ClN3O4. The number of H-pyrrole nitrogens is 1. The average Bonchev–Trinajstić information content (AvgIpc) is 3.40. The first-order valence-electron chi connectivity index (χ1n) is 9.70. The zero-order valence-corrected chi connectivity index (χ0v) is 18.0. The Bertz CT molecular complexity index is 1210. The summed E-state index contributed by atoms with van der Waals surface area (Å²) < 4.78 is 5.94. The molecule has 0 bridgehead atoms. The predicted molar refractivity (Wildman–Crippen MR) is 121 cm³/mol. The van der Waals surface area contributed by atoms with E-state index in [-0.39, 0.29) is 19.0 Å². The van der Waals surface area contributed by atoms with E-state index in [1.165, 1.54) is 0 Å². The van der Waals surface area contributed by atoms with E-state index in [0.717, 1.165) is 51.1 Å². The highest BCUT2D eigenvalue weighted by Crippen LogP contribution is 2.45. The Hall–Kier alpha value is -3.18. The number of ether oxygens (including phenoxy) is 1. The van der Waals surface area contributed by atoms with E-state index >= 15 is 0 Å². The van der Waals surface area contributed by atoms with Gasteiger partial charge in [0.25, 0.3) is 0 Å². The number of nitrogens with one attached hydrogen (secondary N) is 1. The lowest BCUT2D eigenvalue weighted by Crippen LogP contribution is -2.19. The van der Waals surface area contributed by atoms with E-state index in [1.807, 2.05) is 38.4 Å². The molecule has 0 saturated heterocycles. The molecule has 0 radical (unpaired) electrons. The van der Waals surface area contributed by atoms with Gasteiger partial charge in [-0.05, 0) is 44.4 Å². The normalized spacial score (nSPS) is 14.6. The molecule has 3 aromatic rings. The molecule has 5 rings (SSSR count). The molecule has 31 heavy (non-hydrogen) atoms. The number of terminal acetylenes is 1. The number of hydrogen-bond donors (Lipinski definition) is 1. The van der Waals surface area contributed by atoms with Gasteiger partial charge in [-0.1, -0.05) is 11.1 Å². The van der Waals surface area contributed by atoms with E-state index in [1.54, 1.807) is 0 Å². The molecule has 2 heterocycles. The van der Waals surface area contributed by atoms with Crippen molar-refractivity contribution >= 4 is 29.0 Å². The molecule has 7 nitrogen and oxygen atoms in total. The zero-order valence-electron chi connectivity index (χ0n) is 17.2. The van der Waals surface area contributed by atoms with Crippen LogP contribution < -0.4 is 9.62 Å². The van der Waals surface area contributed by atoms with Crippen LogP contribution in [0.2, 0.25) is 0 Å². The predicted octanol–water partition coefficient (Wildman–Crippen LogP) is 3.74. The van der Waals surface area contributed by atoms with Gasteiger partial charge in [-0.15, -0.1) is 18.8 Å². The van der Waals surface area contributed by atoms with Crippen molar-refractivity contribution in [3.63, 3.8) is 0 Å². The second kappa shape index (κ2) is 8.52. The Morgan fingerprint density at radius 2 is 2.10 bits per heavy atom. The lowest BCUT2D eigenvalue weighted by molar-refractivity contribution is -0.194. The molecule has 0 atom stereocenters. The van der Waals surface area contributed by atoms with Crippen molar-refractivity contribution in [3.05, 3.63) is 47.0 Å². The van der Waals surface area contributed by atoms with Crippen LogP contribution in [0.1, 0.15) is 16.7 Å². The minimum absolute atomic E-state index is 0. The summed E-state index contributed by atoms with van der Waals surface area (Å²) in [7, 11) is 4.04. The summed E-state index contributed by atoms with van der Waals surface area (Å²) in [5, 5.41) is 5.39. The van der Waals surface area contributed by atoms with Crippen molar-refractivity contribution in [2.75, 3.05) is 33.9 Å². The van der Waals surface area contributed by atoms with E-state index in [2.05, 4.69) is 27.0 Å². The Balaban J connectivity index is 0.00000231. The highest BCUT2D eigenvalue weighted by molar-refractivity contribution is 6.29. The Labute approximate surface area is 186 Å². The molecule has 0 unspecified atom stereocenters. The van der Waals surface area contributed by atoms with Crippen LogP contribution in [-0.4, -0.2) is 49.4 Å². The van der Waals surface area contributed by atoms with Gasteiger partial charge < -0.3 is 24.3 Å². The standard InChI is InChI=1S/C23H21N3O4.ClH/c1-4-8-28-25-23-17-12-20-14(13-29-30-20)10-16(17)22-21(23)18-11-15(5-6-19(18)24-22)27-9-7-26(2)3;/h1,5-6,10-12,24H,7-9,13H2,2-3H3;1H/b25-23-;. The van der Waals surface area contributed by atoms with Crippen LogP contribution in [-0.2, 0) is 16.3 Å². The van der Waals surface area contributed by atoms with Crippen molar-refractivity contribution in [2.45, 2.75) is 6.61 Å². The molecule has 0 amide bonds. The summed E-state index contributed by atoms with van der Waals surface area (Å²) in [6, 6.07) is 10.0. The molecule has 160 valence electrons. The number of oxime groups is 1. The van der Waals surface area contributed by atoms with Gasteiger partial charge in [-0.25, -0.2) is 0 Å². The molecule has 1 aliphatic heterocycles. The largest absolute Gasteiger partial charge is 0.492 e. The van der Waals surface area contributed by atoms with Crippen LogP contribution in [0.15, 0.2) is 35.5 Å². The molecule has 2 aliphatic rings. The van der Waals surface area contributed by atoms with E-state index in [0.29, 0.717) is 24.7 Å². The summed E-state index contributed by atoms with van der Waals surface area (Å²) in [5.41, 5.74) is 6.62. The summed E-state index contributed by atoms with van der Waals surface area (Å²) in [4.78, 5) is 21.4. The van der Waals surface area contributed by atoms with Gasteiger partial charge in [-0.3, -0.25) is 0 Å². The van der Waals surface area contributed by atoms with Gasteiger partial charge in [0, 0.05) is 39.7 Å². The number of hydrogen-bond acceptors (Lipinski definition) is 6.